The van der Waals surface area contributed by atoms with E-state index in [4.69, 9.17) is 4.42 Å². The van der Waals surface area contributed by atoms with Crippen LogP contribution in [0.25, 0.3) is 10.9 Å². The van der Waals surface area contributed by atoms with Gasteiger partial charge in [-0.15, -0.1) is 10.2 Å². The topological polar surface area (TPSA) is 122 Å². The molecule has 0 spiro atoms. The number of thioether (sulfide) groups is 1. The predicted octanol–water partition coefficient (Wildman–Crippen LogP) is 3.85. The number of carbonyl (C=O) groups excluding carboxylic acids is 1. The number of carbonyl (C=O) groups is 2. The number of hydrogen-bond acceptors (Lipinski definition) is 9. The number of benzene rings is 2. The Hall–Kier alpha value is -4.03. The maximum Gasteiger partial charge on any atom is 0.341 e. The zero-order valence-corrected chi connectivity index (χ0v) is 22.3. The van der Waals surface area contributed by atoms with Gasteiger partial charge in [0.1, 0.15) is 11.4 Å². The highest BCUT2D eigenvalue weighted by atomic mass is 32.2. The van der Waals surface area contributed by atoms with Crippen molar-refractivity contribution in [2.75, 3.05) is 36.8 Å². The van der Waals surface area contributed by atoms with Crippen molar-refractivity contribution in [1.29, 1.82) is 0 Å². The molecular weight excluding hydrogens is 537 g/mol. The van der Waals surface area contributed by atoms with Crippen LogP contribution < -0.4 is 10.3 Å². The Morgan fingerprint density at radius 3 is 2.52 bits per heavy atom. The van der Waals surface area contributed by atoms with Gasteiger partial charge in [-0.2, -0.15) is 0 Å². The molecule has 1 saturated heterocycles. The zero-order chi connectivity index (χ0) is 27.8. The molecule has 1 aliphatic carbocycles. The first-order chi connectivity index (χ1) is 19.4. The Balaban J connectivity index is 1.10. The number of aromatic carboxylic acids is 1. The van der Waals surface area contributed by atoms with Crippen molar-refractivity contribution < 1.29 is 23.5 Å². The molecule has 10 nitrogen and oxygen atoms in total. The third-order valence-electron chi connectivity index (χ3n) is 7.21. The summed E-state index contributed by atoms with van der Waals surface area (Å²) in [6, 6.07) is 12.0. The lowest BCUT2D eigenvalue weighted by Gasteiger charge is -2.35. The van der Waals surface area contributed by atoms with Crippen LogP contribution >= 0.6 is 11.8 Å². The molecule has 2 aromatic carbocycles. The van der Waals surface area contributed by atoms with Crippen molar-refractivity contribution in [3.05, 3.63) is 81.7 Å². The lowest BCUT2D eigenvalue weighted by Crippen LogP contribution is -2.46. The maximum atomic E-state index is 15.2. The van der Waals surface area contributed by atoms with Crippen LogP contribution in [0.5, 0.6) is 0 Å². The SMILES string of the molecule is O=C(CSc1nnc(CN2CCN(c3cc4c(cc3F)c(=O)c(C(=O)O)cn4C3CC3)CC2)o1)c1ccccc1. The fraction of sp³-hybridized carbons (Fsp3) is 0.321. The van der Waals surface area contributed by atoms with E-state index in [1.807, 2.05) is 23.1 Å². The molecule has 40 heavy (non-hydrogen) atoms. The summed E-state index contributed by atoms with van der Waals surface area (Å²) in [4.78, 5) is 40.7. The molecule has 0 radical (unpaired) electrons. The standard InChI is InChI=1S/C28H26FN5O5S/c29-21-12-19-22(34(18-6-7-18)14-20(26(19)36)27(37)38)13-23(21)33-10-8-32(9-11-33)15-25-30-31-28(39-25)40-16-24(35)17-4-2-1-3-5-17/h1-5,12-14,18H,6-11,15-16H2,(H,37,38). The van der Waals surface area contributed by atoms with Gasteiger partial charge in [0.2, 0.25) is 11.3 Å². The van der Waals surface area contributed by atoms with Gasteiger partial charge in [-0.3, -0.25) is 14.5 Å². The van der Waals surface area contributed by atoms with Gasteiger partial charge in [0.15, 0.2) is 5.78 Å². The van der Waals surface area contributed by atoms with Gasteiger partial charge >= 0.3 is 5.97 Å². The largest absolute Gasteiger partial charge is 0.477 e. The molecule has 0 bridgehead atoms. The number of pyridine rings is 1. The van der Waals surface area contributed by atoms with E-state index in [1.54, 1.807) is 22.8 Å². The molecule has 1 N–H and O–H groups in total. The molecule has 206 valence electrons. The quantitative estimate of drug-likeness (QED) is 0.237. The van der Waals surface area contributed by atoms with Crippen molar-refractivity contribution in [3.63, 3.8) is 0 Å². The van der Waals surface area contributed by atoms with Gasteiger partial charge in [0.25, 0.3) is 5.22 Å². The minimum atomic E-state index is -1.31. The van der Waals surface area contributed by atoms with Gasteiger partial charge in [-0.25, -0.2) is 9.18 Å². The smallest absolute Gasteiger partial charge is 0.341 e. The first-order valence-corrected chi connectivity index (χ1v) is 14.0. The molecule has 0 amide bonds. The monoisotopic (exact) mass is 563 g/mol. The number of carboxylic acid groups (broad SMARTS) is 1. The summed E-state index contributed by atoms with van der Waals surface area (Å²) in [6.07, 6.45) is 3.17. The van der Waals surface area contributed by atoms with Gasteiger partial charge in [0.05, 0.1) is 23.5 Å². The van der Waals surface area contributed by atoms with Crippen LogP contribution in [0.4, 0.5) is 10.1 Å². The van der Waals surface area contributed by atoms with Crippen molar-refractivity contribution in [1.82, 2.24) is 19.7 Å². The van der Waals surface area contributed by atoms with Crippen LogP contribution in [0.2, 0.25) is 0 Å². The zero-order valence-electron chi connectivity index (χ0n) is 21.5. The number of Topliss-reactive ketones (excluding diaryl/α,β-unsaturated/α-hetero) is 1. The Morgan fingerprint density at radius 1 is 1.07 bits per heavy atom. The highest BCUT2D eigenvalue weighted by Gasteiger charge is 2.29. The summed E-state index contributed by atoms with van der Waals surface area (Å²) in [6.45, 7) is 2.78. The van der Waals surface area contributed by atoms with Gasteiger partial charge in [-0.05, 0) is 25.0 Å². The van der Waals surface area contributed by atoms with Crippen molar-refractivity contribution in [2.45, 2.75) is 30.7 Å². The summed E-state index contributed by atoms with van der Waals surface area (Å²) in [5.41, 5.74) is 0.569. The maximum absolute atomic E-state index is 15.2. The summed E-state index contributed by atoms with van der Waals surface area (Å²) < 4.78 is 22.8. The first-order valence-electron chi connectivity index (χ1n) is 13.0. The number of ketones is 1. The van der Waals surface area contributed by atoms with Crippen LogP contribution in [0.3, 0.4) is 0 Å². The van der Waals surface area contributed by atoms with E-state index in [2.05, 4.69) is 15.1 Å². The molecule has 12 heteroatoms. The molecule has 4 aromatic rings. The van der Waals surface area contributed by atoms with E-state index >= 15 is 4.39 Å². The molecule has 3 heterocycles. The predicted molar refractivity (Wildman–Crippen MR) is 147 cm³/mol. The van der Waals surface area contributed by atoms with Crippen molar-refractivity contribution in [2.24, 2.45) is 0 Å². The Bertz CT molecular complexity index is 1640. The summed E-state index contributed by atoms with van der Waals surface area (Å²) >= 11 is 1.20. The number of nitrogens with zero attached hydrogens (tertiary/aromatic N) is 5. The fourth-order valence-electron chi connectivity index (χ4n) is 4.94. The minimum absolute atomic E-state index is 0.0150. The summed E-state index contributed by atoms with van der Waals surface area (Å²) in [5, 5.41) is 18.0. The average molecular weight is 564 g/mol. The third-order valence-corrected chi connectivity index (χ3v) is 8.03. The van der Waals surface area contributed by atoms with Crippen LogP contribution in [0.1, 0.15) is 45.5 Å². The van der Waals surface area contributed by atoms with Crippen LogP contribution in [0, 0.1) is 5.82 Å². The second-order valence-corrected chi connectivity index (χ2v) is 10.9. The number of hydrogen-bond donors (Lipinski definition) is 1. The highest BCUT2D eigenvalue weighted by Crippen LogP contribution is 2.38. The molecule has 1 saturated carbocycles. The fourth-order valence-corrected chi connectivity index (χ4v) is 5.62. The van der Waals surface area contributed by atoms with E-state index in [0.717, 1.165) is 12.8 Å². The Morgan fingerprint density at radius 2 is 1.82 bits per heavy atom. The Labute approximate surface area is 232 Å². The molecule has 0 atom stereocenters. The van der Waals surface area contributed by atoms with E-state index in [1.165, 1.54) is 24.0 Å². The number of halogens is 1. The molecular formula is C28H26FN5O5S. The van der Waals surface area contributed by atoms with Crippen LogP contribution in [-0.2, 0) is 6.54 Å². The van der Waals surface area contributed by atoms with Crippen LogP contribution in [-0.4, -0.2) is 68.5 Å². The Kier molecular flexibility index (Phi) is 7.11. The number of piperazine rings is 1. The van der Waals surface area contributed by atoms with Gasteiger partial charge < -0.3 is 19.0 Å². The first kappa shape index (κ1) is 26.2. The third kappa shape index (κ3) is 5.36. The van der Waals surface area contributed by atoms with Gasteiger partial charge in [-0.1, -0.05) is 42.1 Å². The highest BCUT2D eigenvalue weighted by molar-refractivity contribution is 7.99. The van der Waals surface area contributed by atoms with Crippen molar-refractivity contribution >= 4 is 40.1 Å². The van der Waals surface area contributed by atoms with Gasteiger partial charge in [0, 0.05) is 49.4 Å². The second kappa shape index (κ2) is 10.9. The summed E-state index contributed by atoms with van der Waals surface area (Å²) in [7, 11) is 0. The number of rotatable bonds is 9. The molecule has 6 rings (SSSR count). The van der Waals surface area contributed by atoms with E-state index in [9.17, 15) is 19.5 Å². The van der Waals surface area contributed by atoms with E-state index < -0.39 is 17.2 Å². The number of carboxylic acids is 1. The van der Waals surface area contributed by atoms with E-state index in [-0.39, 0.29) is 28.5 Å². The second-order valence-electron chi connectivity index (χ2n) is 9.94. The normalized spacial score (nSPS) is 16.0. The number of aromatic nitrogens is 3. The molecule has 1 aliphatic heterocycles. The summed E-state index contributed by atoms with van der Waals surface area (Å²) in [5.74, 6) is -1.23. The van der Waals surface area contributed by atoms with Crippen molar-refractivity contribution in [3.8, 4) is 0 Å². The lowest BCUT2D eigenvalue weighted by molar-refractivity contribution is 0.0694. The molecule has 2 fully saturated rings. The number of anilines is 1. The molecule has 0 unspecified atom stereocenters. The average Bonchev–Trinajstić information content (AvgIpc) is 3.71. The van der Waals surface area contributed by atoms with Crippen LogP contribution in [0.15, 0.2) is 63.1 Å². The van der Waals surface area contributed by atoms with E-state index in [0.29, 0.717) is 60.6 Å². The molecule has 2 aromatic heterocycles. The minimum Gasteiger partial charge on any atom is -0.477 e. The molecule has 2 aliphatic rings. The lowest BCUT2D eigenvalue weighted by atomic mass is 10.1. The number of fused-ring (bicyclic) bond motifs is 1.